The zero-order chi connectivity index (χ0) is 25.3. The first-order chi connectivity index (χ1) is 17.3. The number of piperidine rings is 1. The van der Waals surface area contributed by atoms with Crippen LogP contribution in [0.25, 0.3) is 22.0 Å². The fraction of sp³-hybridized carbons (Fsp3) is 0.296. The van der Waals surface area contributed by atoms with E-state index in [2.05, 4.69) is 37.3 Å². The maximum absolute atomic E-state index is 13.1. The quantitative estimate of drug-likeness (QED) is 0.373. The number of aromatic nitrogens is 4. The summed E-state index contributed by atoms with van der Waals surface area (Å²) >= 11 is 0. The van der Waals surface area contributed by atoms with Gasteiger partial charge in [0.05, 0.1) is 17.6 Å². The van der Waals surface area contributed by atoms with Gasteiger partial charge in [-0.1, -0.05) is 5.92 Å². The van der Waals surface area contributed by atoms with Gasteiger partial charge in [-0.15, -0.1) is 6.42 Å². The first-order valence-corrected chi connectivity index (χ1v) is 11.7. The van der Waals surface area contributed by atoms with Crippen LogP contribution in [0.3, 0.4) is 0 Å². The topological polar surface area (TPSA) is 58.9 Å². The van der Waals surface area contributed by atoms with Crippen molar-refractivity contribution >= 4 is 22.5 Å². The van der Waals surface area contributed by atoms with Crippen LogP contribution in [0.15, 0.2) is 55.0 Å². The van der Waals surface area contributed by atoms with Crippen LogP contribution in [0.1, 0.15) is 24.0 Å². The number of hydrogen-bond acceptors (Lipinski definition) is 5. The van der Waals surface area contributed by atoms with E-state index in [9.17, 15) is 13.2 Å². The molecule has 4 aromatic rings. The number of alkyl halides is 3. The van der Waals surface area contributed by atoms with Crippen molar-refractivity contribution in [1.29, 1.82) is 0 Å². The van der Waals surface area contributed by atoms with Crippen LogP contribution >= 0.6 is 0 Å². The van der Waals surface area contributed by atoms with Gasteiger partial charge in [-0.2, -0.15) is 18.3 Å². The average molecular weight is 491 g/mol. The number of aryl methyl sites for hydroxylation is 1. The Labute approximate surface area is 207 Å². The van der Waals surface area contributed by atoms with E-state index in [1.54, 1.807) is 17.1 Å². The van der Waals surface area contributed by atoms with Crippen molar-refractivity contribution in [2.75, 3.05) is 18.4 Å². The lowest BCUT2D eigenvalue weighted by atomic mass is 9.95. The molecule has 3 heterocycles. The van der Waals surface area contributed by atoms with E-state index in [0.717, 1.165) is 38.8 Å². The second-order valence-electron chi connectivity index (χ2n) is 9.15. The second-order valence-corrected chi connectivity index (χ2v) is 9.15. The Morgan fingerprint density at radius 1 is 1.08 bits per heavy atom. The molecule has 5 rings (SSSR count). The Bertz CT molecular complexity index is 1430. The molecule has 0 amide bonds. The highest BCUT2D eigenvalue weighted by Gasteiger charge is 2.40. The molecule has 1 saturated heterocycles. The number of anilines is 2. The van der Waals surface area contributed by atoms with Crippen molar-refractivity contribution in [2.45, 2.75) is 25.6 Å². The highest BCUT2D eigenvalue weighted by atomic mass is 19.4. The molecule has 0 aliphatic carbocycles. The van der Waals surface area contributed by atoms with Crippen LogP contribution in [0, 0.1) is 18.3 Å². The van der Waals surface area contributed by atoms with Crippen molar-refractivity contribution in [3.63, 3.8) is 0 Å². The van der Waals surface area contributed by atoms with Gasteiger partial charge in [-0.3, -0.25) is 9.58 Å². The highest BCUT2D eigenvalue weighted by Crippen LogP contribution is 2.35. The summed E-state index contributed by atoms with van der Waals surface area (Å²) in [5, 5.41) is 8.41. The third kappa shape index (κ3) is 5.34. The number of nitrogens with one attached hydrogen (secondary N) is 1. The zero-order valence-electron chi connectivity index (χ0n) is 19.8. The normalized spacial score (nSPS) is 15.2. The molecule has 2 aromatic heterocycles. The predicted octanol–water partition coefficient (Wildman–Crippen LogP) is 5.53. The first-order valence-electron chi connectivity index (χ1n) is 11.7. The van der Waals surface area contributed by atoms with Crippen LogP contribution in [0.2, 0.25) is 0 Å². The SMILES string of the molecule is C#Cc1ccc2nc(Nc3cc(CN4CCC(C(F)(F)F)CC4)cc(-c4cnn(C)c4)c3)ncc2c1. The Kier molecular flexibility index (Phi) is 6.37. The lowest BCUT2D eigenvalue weighted by Gasteiger charge is -2.33. The van der Waals surface area contributed by atoms with E-state index in [-0.39, 0.29) is 12.8 Å². The summed E-state index contributed by atoms with van der Waals surface area (Å²) in [6, 6.07) is 11.6. The van der Waals surface area contributed by atoms with Crippen molar-refractivity contribution in [3.05, 3.63) is 66.1 Å². The van der Waals surface area contributed by atoms with E-state index in [4.69, 9.17) is 6.42 Å². The van der Waals surface area contributed by atoms with Gasteiger partial charge in [0.25, 0.3) is 0 Å². The van der Waals surface area contributed by atoms with Gasteiger partial charge in [0, 0.05) is 48.2 Å². The molecule has 6 nitrogen and oxygen atoms in total. The Morgan fingerprint density at radius 2 is 1.89 bits per heavy atom. The fourth-order valence-electron chi connectivity index (χ4n) is 4.58. The van der Waals surface area contributed by atoms with Crippen molar-refractivity contribution in [2.24, 2.45) is 13.0 Å². The molecule has 0 atom stereocenters. The zero-order valence-corrected chi connectivity index (χ0v) is 19.8. The van der Waals surface area contributed by atoms with Crippen LogP contribution in [-0.2, 0) is 13.6 Å². The molecule has 184 valence electrons. The molecule has 1 aliphatic heterocycles. The molecule has 2 aromatic carbocycles. The summed E-state index contributed by atoms with van der Waals surface area (Å²) < 4.78 is 41.0. The van der Waals surface area contributed by atoms with Gasteiger partial charge in [-0.25, -0.2) is 9.97 Å². The van der Waals surface area contributed by atoms with Gasteiger partial charge in [0.2, 0.25) is 5.95 Å². The Balaban J connectivity index is 1.40. The van der Waals surface area contributed by atoms with Crippen LogP contribution in [0.4, 0.5) is 24.8 Å². The smallest absolute Gasteiger partial charge is 0.324 e. The van der Waals surface area contributed by atoms with Crippen molar-refractivity contribution in [1.82, 2.24) is 24.6 Å². The minimum atomic E-state index is -4.12. The maximum Gasteiger partial charge on any atom is 0.391 e. The molecule has 0 saturated carbocycles. The third-order valence-electron chi connectivity index (χ3n) is 6.49. The standard InChI is InChI=1S/C27H25F3N6/c1-3-18-4-5-25-21(10-18)14-31-26(34-25)33-24-12-19(11-20(13-24)22-15-32-35(2)17-22)16-36-8-6-23(7-9-36)27(28,29)30/h1,4-5,10-15,17,23H,6-9,16H2,2H3,(H,31,33,34). The van der Waals surface area contributed by atoms with Gasteiger partial charge >= 0.3 is 6.18 Å². The predicted molar refractivity (Wildman–Crippen MR) is 133 cm³/mol. The Hall–Kier alpha value is -3.90. The van der Waals surface area contributed by atoms with Crippen molar-refractivity contribution < 1.29 is 13.2 Å². The number of hydrogen-bond donors (Lipinski definition) is 1. The van der Waals surface area contributed by atoms with Crippen molar-refractivity contribution in [3.8, 4) is 23.5 Å². The largest absolute Gasteiger partial charge is 0.391 e. The summed E-state index contributed by atoms with van der Waals surface area (Å²) in [6.07, 6.45) is 7.05. The number of fused-ring (bicyclic) bond motifs is 1. The minimum absolute atomic E-state index is 0.128. The summed E-state index contributed by atoms with van der Waals surface area (Å²) in [7, 11) is 1.85. The van der Waals surface area contributed by atoms with Crippen LogP contribution in [-0.4, -0.2) is 43.9 Å². The molecule has 1 aliphatic rings. The van der Waals surface area contributed by atoms with Gasteiger partial charge in [-0.05, 0) is 73.5 Å². The minimum Gasteiger partial charge on any atom is -0.324 e. The van der Waals surface area contributed by atoms with E-state index < -0.39 is 12.1 Å². The summed E-state index contributed by atoms with van der Waals surface area (Å²) in [4.78, 5) is 11.1. The van der Waals surface area contributed by atoms with E-state index >= 15 is 0 Å². The molecule has 0 unspecified atom stereocenters. The molecule has 1 fully saturated rings. The average Bonchev–Trinajstić information content (AvgIpc) is 3.30. The molecule has 9 heteroatoms. The molecule has 0 bridgehead atoms. The number of likely N-dealkylation sites (tertiary alicyclic amines) is 1. The number of benzene rings is 2. The Morgan fingerprint density at radius 3 is 2.58 bits per heavy atom. The third-order valence-corrected chi connectivity index (χ3v) is 6.49. The number of nitrogens with zero attached hydrogens (tertiary/aromatic N) is 5. The second kappa shape index (κ2) is 9.63. The van der Waals surface area contributed by atoms with Crippen LogP contribution < -0.4 is 5.32 Å². The molecular weight excluding hydrogens is 465 g/mol. The lowest BCUT2D eigenvalue weighted by Crippen LogP contribution is -2.38. The molecule has 0 radical (unpaired) electrons. The molecular formula is C27H25F3N6. The fourth-order valence-corrected chi connectivity index (χ4v) is 4.58. The number of halogens is 3. The van der Waals surface area contributed by atoms with Gasteiger partial charge in [0.15, 0.2) is 0 Å². The van der Waals surface area contributed by atoms with Gasteiger partial charge in [0.1, 0.15) is 0 Å². The molecule has 36 heavy (non-hydrogen) atoms. The monoisotopic (exact) mass is 490 g/mol. The molecule has 1 N–H and O–H groups in total. The molecule has 0 spiro atoms. The maximum atomic E-state index is 13.1. The number of rotatable bonds is 5. The van der Waals surface area contributed by atoms with E-state index in [1.165, 1.54) is 0 Å². The van der Waals surface area contributed by atoms with Crippen LogP contribution in [0.5, 0.6) is 0 Å². The van der Waals surface area contributed by atoms with Gasteiger partial charge < -0.3 is 5.32 Å². The number of terminal acetylenes is 1. The van der Waals surface area contributed by atoms with E-state index in [0.29, 0.717) is 25.6 Å². The van der Waals surface area contributed by atoms with E-state index in [1.807, 2.05) is 43.6 Å². The first kappa shape index (κ1) is 23.8. The lowest BCUT2D eigenvalue weighted by molar-refractivity contribution is -0.185. The summed E-state index contributed by atoms with van der Waals surface area (Å²) in [5.74, 6) is 1.84. The highest BCUT2D eigenvalue weighted by molar-refractivity contribution is 5.81. The summed E-state index contributed by atoms with van der Waals surface area (Å²) in [6.45, 7) is 1.38. The summed E-state index contributed by atoms with van der Waals surface area (Å²) in [5.41, 5.74) is 5.20.